The van der Waals surface area contributed by atoms with Gasteiger partial charge in [0.1, 0.15) is 0 Å². The molecule has 0 spiro atoms. The molecule has 23 heavy (non-hydrogen) atoms. The average molecular weight is 366 g/mol. The van der Waals surface area contributed by atoms with Crippen LogP contribution in [0.5, 0.6) is 0 Å². The Morgan fingerprint density at radius 3 is 1.35 bits per heavy atom. The van der Waals surface area contributed by atoms with Gasteiger partial charge in [-0.05, 0) is 34.1 Å². The van der Waals surface area contributed by atoms with Crippen molar-refractivity contribution >= 4 is 20.2 Å². The van der Waals surface area contributed by atoms with Crippen LogP contribution in [0.15, 0.2) is 0 Å². The number of nitrogens with zero attached hydrogens (tertiary/aromatic N) is 2. The molecule has 0 aromatic carbocycles. The third-order valence-corrected chi connectivity index (χ3v) is 5.12. The second kappa shape index (κ2) is 8.06. The standard InChI is InChI=1S/C13H22N2O6S2/c1-12(2,8-14)10-20-22(16,17)6-5-7-23(18,19)21-11-13(3,4)9-15/h5-7,10-11H2,1-4H3. The van der Waals surface area contributed by atoms with Gasteiger partial charge in [-0.15, -0.1) is 0 Å². The highest BCUT2D eigenvalue weighted by molar-refractivity contribution is 7.87. The van der Waals surface area contributed by atoms with Crippen LogP contribution in [-0.2, 0) is 28.6 Å². The van der Waals surface area contributed by atoms with E-state index < -0.39 is 42.6 Å². The first-order valence-electron chi connectivity index (χ1n) is 6.81. The number of rotatable bonds is 10. The fraction of sp³-hybridized carbons (Fsp3) is 0.846. The first-order valence-corrected chi connectivity index (χ1v) is 9.96. The molecular weight excluding hydrogens is 344 g/mol. The van der Waals surface area contributed by atoms with E-state index >= 15 is 0 Å². The Balaban J connectivity index is 4.38. The maximum atomic E-state index is 11.6. The molecule has 0 radical (unpaired) electrons. The van der Waals surface area contributed by atoms with Gasteiger partial charge in [-0.1, -0.05) is 0 Å². The summed E-state index contributed by atoms with van der Waals surface area (Å²) < 4.78 is 55.9. The summed E-state index contributed by atoms with van der Waals surface area (Å²) >= 11 is 0. The average Bonchev–Trinajstić information content (AvgIpc) is 2.43. The molecule has 0 unspecified atom stereocenters. The molecule has 132 valence electrons. The van der Waals surface area contributed by atoms with Gasteiger partial charge < -0.3 is 0 Å². The molecular formula is C13H22N2O6S2. The largest absolute Gasteiger partial charge is 0.268 e. The van der Waals surface area contributed by atoms with E-state index in [0.29, 0.717) is 0 Å². The Kier molecular flexibility index (Phi) is 7.64. The quantitative estimate of drug-likeness (QED) is 0.526. The summed E-state index contributed by atoms with van der Waals surface area (Å²) in [5.41, 5.74) is -1.91. The van der Waals surface area contributed by atoms with E-state index in [2.05, 4.69) is 0 Å². The van der Waals surface area contributed by atoms with Crippen LogP contribution in [-0.4, -0.2) is 41.6 Å². The highest BCUT2D eigenvalue weighted by atomic mass is 32.2. The predicted molar refractivity (Wildman–Crippen MR) is 82.9 cm³/mol. The molecule has 0 bridgehead atoms. The molecule has 0 amide bonds. The second-order valence-corrected chi connectivity index (χ2v) is 9.91. The van der Waals surface area contributed by atoms with Crippen LogP contribution in [0.25, 0.3) is 0 Å². The van der Waals surface area contributed by atoms with Gasteiger partial charge in [0.25, 0.3) is 20.2 Å². The van der Waals surface area contributed by atoms with Crippen molar-refractivity contribution in [1.29, 1.82) is 10.5 Å². The highest BCUT2D eigenvalue weighted by Gasteiger charge is 2.24. The van der Waals surface area contributed by atoms with Crippen molar-refractivity contribution in [2.75, 3.05) is 24.7 Å². The lowest BCUT2D eigenvalue weighted by Gasteiger charge is -2.15. The Morgan fingerprint density at radius 1 is 0.783 bits per heavy atom. The van der Waals surface area contributed by atoms with Crippen molar-refractivity contribution in [2.45, 2.75) is 34.1 Å². The minimum absolute atomic E-state index is 0.204. The van der Waals surface area contributed by atoms with Crippen LogP contribution < -0.4 is 0 Å². The number of nitriles is 2. The minimum Gasteiger partial charge on any atom is -0.268 e. The van der Waals surface area contributed by atoms with E-state index in [1.807, 2.05) is 12.1 Å². The molecule has 0 rings (SSSR count). The monoisotopic (exact) mass is 366 g/mol. The van der Waals surface area contributed by atoms with E-state index in [9.17, 15) is 16.8 Å². The summed E-state index contributed by atoms with van der Waals surface area (Å²) in [6.07, 6.45) is -0.204. The Labute approximate surface area is 138 Å². The van der Waals surface area contributed by atoms with Crippen molar-refractivity contribution < 1.29 is 25.2 Å². The summed E-state index contributed by atoms with van der Waals surface area (Å²) in [7, 11) is -7.84. The summed E-state index contributed by atoms with van der Waals surface area (Å²) in [6.45, 7) is 5.50. The summed E-state index contributed by atoms with van der Waals surface area (Å²) in [6, 6.07) is 3.80. The molecule has 0 saturated heterocycles. The number of hydrogen-bond acceptors (Lipinski definition) is 8. The zero-order valence-corrected chi connectivity index (χ0v) is 15.3. The van der Waals surface area contributed by atoms with Crippen molar-refractivity contribution in [2.24, 2.45) is 10.8 Å². The van der Waals surface area contributed by atoms with Crippen LogP contribution in [0, 0.1) is 33.5 Å². The Hall–Kier alpha value is -1.20. The van der Waals surface area contributed by atoms with Crippen LogP contribution in [0.1, 0.15) is 34.1 Å². The van der Waals surface area contributed by atoms with E-state index in [1.165, 1.54) is 27.7 Å². The minimum atomic E-state index is -3.92. The molecule has 0 aromatic rings. The zero-order valence-electron chi connectivity index (χ0n) is 13.7. The SMILES string of the molecule is CC(C)(C#N)COS(=O)(=O)CCCS(=O)(=O)OCC(C)(C)C#N. The van der Waals surface area contributed by atoms with E-state index in [-0.39, 0.29) is 19.6 Å². The van der Waals surface area contributed by atoms with Gasteiger partial charge in [0.15, 0.2) is 0 Å². The van der Waals surface area contributed by atoms with Gasteiger partial charge in [0, 0.05) is 0 Å². The molecule has 0 N–H and O–H groups in total. The number of hydrogen-bond donors (Lipinski definition) is 0. The third-order valence-electron chi connectivity index (χ3n) is 2.59. The molecule has 0 aliphatic heterocycles. The molecule has 0 heterocycles. The lowest BCUT2D eigenvalue weighted by Crippen LogP contribution is -2.24. The topological polar surface area (TPSA) is 134 Å². The molecule has 0 aliphatic rings. The lowest BCUT2D eigenvalue weighted by molar-refractivity contribution is 0.231. The molecule has 0 atom stereocenters. The van der Waals surface area contributed by atoms with Gasteiger partial charge in [0.2, 0.25) is 0 Å². The molecule has 0 saturated carbocycles. The second-order valence-electron chi connectivity index (χ2n) is 6.39. The van der Waals surface area contributed by atoms with Crippen LogP contribution in [0.3, 0.4) is 0 Å². The van der Waals surface area contributed by atoms with Gasteiger partial charge in [-0.2, -0.15) is 27.4 Å². The maximum absolute atomic E-state index is 11.6. The lowest BCUT2D eigenvalue weighted by atomic mass is 9.98. The first-order chi connectivity index (χ1) is 10.2. The van der Waals surface area contributed by atoms with Gasteiger partial charge in [0.05, 0.1) is 47.7 Å². The van der Waals surface area contributed by atoms with Crippen molar-refractivity contribution in [3.63, 3.8) is 0 Å². The Morgan fingerprint density at radius 2 is 1.09 bits per heavy atom. The highest BCUT2D eigenvalue weighted by Crippen LogP contribution is 2.16. The van der Waals surface area contributed by atoms with Crippen LogP contribution in [0.4, 0.5) is 0 Å². The van der Waals surface area contributed by atoms with E-state index in [0.717, 1.165) is 0 Å². The fourth-order valence-electron chi connectivity index (χ4n) is 1.07. The molecule has 0 aliphatic carbocycles. The van der Waals surface area contributed by atoms with E-state index in [1.54, 1.807) is 0 Å². The van der Waals surface area contributed by atoms with Crippen LogP contribution in [0.2, 0.25) is 0 Å². The smallest absolute Gasteiger partial charge is 0.267 e. The molecule has 0 fully saturated rings. The van der Waals surface area contributed by atoms with Crippen molar-refractivity contribution in [3.8, 4) is 12.1 Å². The van der Waals surface area contributed by atoms with Crippen molar-refractivity contribution in [3.05, 3.63) is 0 Å². The first kappa shape index (κ1) is 21.8. The molecule has 0 aromatic heterocycles. The molecule has 10 heteroatoms. The summed E-state index contributed by atoms with van der Waals surface area (Å²) in [4.78, 5) is 0. The van der Waals surface area contributed by atoms with Gasteiger partial charge in [-0.25, -0.2) is 0 Å². The normalized spacial score (nSPS) is 13.3. The molecule has 8 nitrogen and oxygen atoms in total. The van der Waals surface area contributed by atoms with Gasteiger partial charge in [-0.3, -0.25) is 8.37 Å². The summed E-state index contributed by atoms with van der Waals surface area (Å²) in [5.74, 6) is -1.00. The van der Waals surface area contributed by atoms with Crippen LogP contribution >= 0.6 is 0 Å². The Bertz CT molecular complexity index is 621. The summed E-state index contributed by atoms with van der Waals surface area (Å²) in [5, 5.41) is 17.6. The van der Waals surface area contributed by atoms with Crippen molar-refractivity contribution in [1.82, 2.24) is 0 Å². The fourth-order valence-corrected chi connectivity index (χ4v) is 3.43. The predicted octanol–water partition coefficient (Wildman–Crippen LogP) is 1.17. The maximum Gasteiger partial charge on any atom is 0.267 e. The zero-order chi connectivity index (χ0) is 18.4. The van der Waals surface area contributed by atoms with Gasteiger partial charge >= 0.3 is 0 Å². The van der Waals surface area contributed by atoms with E-state index in [4.69, 9.17) is 18.9 Å². The third kappa shape index (κ3) is 10.2.